The molecule has 0 amide bonds. The second-order valence-electron chi connectivity index (χ2n) is 5.05. The van der Waals surface area contributed by atoms with Crippen molar-refractivity contribution in [3.05, 3.63) is 59.4 Å². The number of benzene rings is 2. The Hall–Kier alpha value is -2.07. The fourth-order valence-corrected chi connectivity index (χ4v) is 2.12. The van der Waals surface area contributed by atoms with Gasteiger partial charge in [0.2, 0.25) is 0 Å². The van der Waals surface area contributed by atoms with Crippen LogP contribution in [0.1, 0.15) is 18.1 Å². The molecule has 0 aliphatic carbocycles. The predicted molar refractivity (Wildman–Crippen MR) is 81.1 cm³/mol. The van der Waals surface area contributed by atoms with E-state index in [0.717, 1.165) is 23.3 Å². The predicted octanol–water partition coefficient (Wildman–Crippen LogP) is 3.30. The summed E-state index contributed by atoms with van der Waals surface area (Å²) in [6.07, 6.45) is 0.743. The Balaban J connectivity index is 2.08. The number of hydrogen-bond acceptors (Lipinski definition) is 3. The van der Waals surface area contributed by atoms with E-state index in [1.165, 1.54) is 13.2 Å². The van der Waals surface area contributed by atoms with E-state index in [4.69, 9.17) is 15.2 Å². The zero-order chi connectivity index (χ0) is 15.2. The van der Waals surface area contributed by atoms with Crippen molar-refractivity contribution in [1.29, 1.82) is 0 Å². The van der Waals surface area contributed by atoms with E-state index >= 15 is 0 Å². The number of nitrogens with two attached hydrogens (primary N) is 1. The number of para-hydroxylation sites is 1. The molecule has 1 atom stereocenters. The highest BCUT2D eigenvalue weighted by Gasteiger charge is 2.07. The third-order valence-electron chi connectivity index (χ3n) is 3.13. The first-order valence-electron chi connectivity index (χ1n) is 6.89. The van der Waals surface area contributed by atoms with Crippen molar-refractivity contribution in [2.45, 2.75) is 26.0 Å². The molecule has 0 spiro atoms. The smallest absolute Gasteiger partial charge is 0.165 e. The van der Waals surface area contributed by atoms with Crippen LogP contribution < -0.4 is 15.2 Å². The molecule has 0 fully saturated rings. The molecular weight excluding hydrogens is 269 g/mol. The van der Waals surface area contributed by atoms with Crippen LogP contribution in [-0.4, -0.2) is 13.2 Å². The minimum absolute atomic E-state index is 0.0631. The Labute approximate surface area is 124 Å². The van der Waals surface area contributed by atoms with E-state index in [1.807, 2.05) is 31.2 Å². The highest BCUT2D eigenvalue weighted by atomic mass is 19.1. The molecule has 21 heavy (non-hydrogen) atoms. The Morgan fingerprint density at radius 1 is 1.14 bits per heavy atom. The second kappa shape index (κ2) is 7.09. The lowest BCUT2D eigenvalue weighted by Gasteiger charge is -2.13. The van der Waals surface area contributed by atoms with Crippen molar-refractivity contribution in [2.24, 2.45) is 5.73 Å². The summed E-state index contributed by atoms with van der Waals surface area (Å²) in [5.74, 6) is 0.629. The fourth-order valence-electron chi connectivity index (χ4n) is 2.12. The van der Waals surface area contributed by atoms with Gasteiger partial charge in [0.25, 0.3) is 0 Å². The largest absolute Gasteiger partial charge is 0.494 e. The number of ether oxygens (including phenoxy) is 2. The van der Waals surface area contributed by atoms with Gasteiger partial charge in [0.15, 0.2) is 11.6 Å². The molecule has 0 aliphatic heterocycles. The van der Waals surface area contributed by atoms with Crippen molar-refractivity contribution in [3.8, 4) is 11.5 Å². The topological polar surface area (TPSA) is 44.5 Å². The van der Waals surface area contributed by atoms with Crippen molar-refractivity contribution in [2.75, 3.05) is 7.11 Å². The van der Waals surface area contributed by atoms with Crippen molar-refractivity contribution in [1.82, 2.24) is 0 Å². The van der Waals surface area contributed by atoms with Gasteiger partial charge in [-0.25, -0.2) is 4.39 Å². The first kappa shape index (κ1) is 15.3. The fraction of sp³-hybridized carbons (Fsp3) is 0.294. The summed E-state index contributed by atoms with van der Waals surface area (Å²) >= 11 is 0. The minimum Gasteiger partial charge on any atom is -0.494 e. The van der Waals surface area contributed by atoms with Crippen LogP contribution in [0.2, 0.25) is 0 Å². The van der Waals surface area contributed by atoms with Gasteiger partial charge in [-0.05, 0) is 42.7 Å². The van der Waals surface area contributed by atoms with Crippen LogP contribution in [0, 0.1) is 5.82 Å². The normalized spacial score (nSPS) is 12.0. The first-order chi connectivity index (χ1) is 10.1. The number of halogens is 1. The molecule has 0 heterocycles. The third-order valence-corrected chi connectivity index (χ3v) is 3.13. The van der Waals surface area contributed by atoms with Crippen LogP contribution in [0.5, 0.6) is 11.5 Å². The molecule has 0 radical (unpaired) electrons. The number of hydrogen-bond donors (Lipinski definition) is 1. The van der Waals surface area contributed by atoms with E-state index in [9.17, 15) is 4.39 Å². The zero-order valence-electron chi connectivity index (χ0n) is 12.3. The van der Waals surface area contributed by atoms with Gasteiger partial charge in [-0.3, -0.25) is 0 Å². The zero-order valence-corrected chi connectivity index (χ0v) is 12.3. The van der Waals surface area contributed by atoms with Gasteiger partial charge in [-0.15, -0.1) is 0 Å². The summed E-state index contributed by atoms with van der Waals surface area (Å²) in [6.45, 7) is 2.26. The van der Waals surface area contributed by atoms with Crippen LogP contribution in [-0.2, 0) is 13.0 Å². The van der Waals surface area contributed by atoms with Gasteiger partial charge in [-0.1, -0.05) is 24.3 Å². The van der Waals surface area contributed by atoms with E-state index in [2.05, 4.69) is 0 Å². The summed E-state index contributed by atoms with van der Waals surface area (Å²) in [4.78, 5) is 0. The van der Waals surface area contributed by atoms with E-state index in [1.54, 1.807) is 12.1 Å². The van der Waals surface area contributed by atoms with E-state index in [-0.39, 0.29) is 17.6 Å². The summed E-state index contributed by atoms with van der Waals surface area (Å²) in [6, 6.07) is 12.6. The summed E-state index contributed by atoms with van der Waals surface area (Å²) in [7, 11) is 1.44. The average molecular weight is 289 g/mol. The first-order valence-corrected chi connectivity index (χ1v) is 6.89. The molecule has 112 valence electrons. The molecule has 0 aliphatic rings. The van der Waals surface area contributed by atoms with Crippen LogP contribution >= 0.6 is 0 Å². The highest BCUT2D eigenvalue weighted by Crippen LogP contribution is 2.22. The van der Waals surface area contributed by atoms with Crippen LogP contribution in [0.3, 0.4) is 0 Å². The summed E-state index contributed by atoms with van der Waals surface area (Å²) in [5.41, 5.74) is 7.64. The molecule has 4 heteroatoms. The molecule has 3 nitrogen and oxygen atoms in total. The molecular formula is C17H20FNO2. The lowest BCUT2D eigenvalue weighted by atomic mass is 10.1. The molecule has 0 bridgehead atoms. The van der Waals surface area contributed by atoms with Gasteiger partial charge in [0.05, 0.1) is 7.11 Å². The van der Waals surface area contributed by atoms with Gasteiger partial charge in [-0.2, -0.15) is 0 Å². The molecule has 2 aromatic carbocycles. The third kappa shape index (κ3) is 4.20. The van der Waals surface area contributed by atoms with Crippen molar-refractivity contribution >= 4 is 0 Å². The Bertz CT molecular complexity index is 599. The molecule has 0 saturated heterocycles. The second-order valence-corrected chi connectivity index (χ2v) is 5.05. The summed E-state index contributed by atoms with van der Waals surface area (Å²) < 4.78 is 24.3. The summed E-state index contributed by atoms with van der Waals surface area (Å²) in [5, 5.41) is 0. The maximum Gasteiger partial charge on any atom is 0.165 e. The van der Waals surface area contributed by atoms with Crippen molar-refractivity contribution in [3.63, 3.8) is 0 Å². The van der Waals surface area contributed by atoms with Gasteiger partial charge < -0.3 is 15.2 Å². The molecule has 1 unspecified atom stereocenters. The number of rotatable bonds is 6. The molecule has 2 rings (SSSR count). The van der Waals surface area contributed by atoms with Gasteiger partial charge in [0, 0.05) is 6.04 Å². The van der Waals surface area contributed by atoms with E-state index in [0.29, 0.717) is 6.61 Å². The maximum atomic E-state index is 13.6. The minimum atomic E-state index is -0.387. The monoisotopic (exact) mass is 289 g/mol. The molecule has 2 aromatic rings. The lowest BCUT2D eigenvalue weighted by molar-refractivity contribution is 0.301. The van der Waals surface area contributed by atoms with Crippen LogP contribution in [0.15, 0.2) is 42.5 Å². The highest BCUT2D eigenvalue weighted by molar-refractivity contribution is 5.35. The van der Waals surface area contributed by atoms with Gasteiger partial charge in [0.1, 0.15) is 12.4 Å². The molecule has 0 aromatic heterocycles. The number of methoxy groups -OCH3 is 1. The maximum absolute atomic E-state index is 13.6. The Morgan fingerprint density at radius 3 is 2.57 bits per heavy atom. The Kier molecular flexibility index (Phi) is 5.17. The van der Waals surface area contributed by atoms with E-state index < -0.39 is 0 Å². The Morgan fingerprint density at radius 2 is 1.90 bits per heavy atom. The van der Waals surface area contributed by atoms with Crippen LogP contribution in [0.4, 0.5) is 4.39 Å². The van der Waals surface area contributed by atoms with Crippen LogP contribution in [0.25, 0.3) is 0 Å². The quantitative estimate of drug-likeness (QED) is 0.887. The van der Waals surface area contributed by atoms with Crippen molar-refractivity contribution < 1.29 is 13.9 Å². The molecule has 0 saturated carbocycles. The lowest BCUT2D eigenvalue weighted by Crippen LogP contribution is -2.18. The average Bonchev–Trinajstić information content (AvgIpc) is 2.46. The standard InChI is InChI=1S/C17H20FNO2/c1-12(19)9-14-5-3-4-6-16(14)21-11-13-7-8-17(20-2)15(18)10-13/h3-8,10,12H,9,11,19H2,1-2H3. The molecule has 2 N–H and O–H groups in total. The SMILES string of the molecule is COc1ccc(COc2ccccc2CC(C)N)cc1F. The van der Waals surface area contributed by atoms with Gasteiger partial charge >= 0.3 is 0 Å².